The Bertz CT molecular complexity index is 602. The first-order chi connectivity index (χ1) is 10.0. The van der Waals surface area contributed by atoms with Gasteiger partial charge >= 0.3 is 0 Å². The molecule has 21 heavy (non-hydrogen) atoms. The van der Waals surface area contributed by atoms with Crippen LogP contribution >= 0.6 is 15.9 Å². The molecule has 1 aromatic heterocycles. The van der Waals surface area contributed by atoms with Crippen LogP contribution in [0.25, 0.3) is 5.69 Å². The molecule has 114 valence electrons. The van der Waals surface area contributed by atoms with Crippen LogP contribution < -0.4 is 5.32 Å². The van der Waals surface area contributed by atoms with Crippen molar-refractivity contribution in [2.75, 3.05) is 6.54 Å². The largest absolute Gasteiger partial charge is 0.315 e. The number of aryl methyl sites for hydroxylation is 1. The maximum absolute atomic E-state index is 4.72. The van der Waals surface area contributed by atoms with Crippen LogP contribution in [0.15, 0.2) is 28.7 Å². The summed E-state index contributed by atoms with van der Waals surface area (Å²) >= 11 is 3.61. The average Bonchev–Trinajstić information content (AvgIpc) is 2.71. The summed E-state index contributed by atoms with van der Waals surface area (Å²) in [4.78, 5) is 0. The molecule has 1 aromatic carbocycles. The molecule has 1 heterocycles. The second kappa shape index (κ2) is 7.23. The van der Waals surface area contributed by atoms with Crippen molar-refractivity contribution >= 4 is 15.9 Å². The summed E-state index contributed by atoms with van der Waals surface area (Å²) in [5.41, 5.74) is 4.85. The van der Waals surface area contributed by atoms with Crippen molar-refractivity contribution in [3.8, 4) is 5.69 Å². The Labute approximate surface area is 135 Å². The second-order valence-corrected chi connectivity index (χ2v) is 6.58. The van der Waals surface area contributed by atoms with Crippen molar-refractivity contribution in [3.05, 3.63) is 45.7 Å². The first kappa shape index (κ1) is 16.2. The third-order valence-electron chi connectivity index (χ3n) is 3.68. The molecule has 0 amide bonds. The minimum atomic E-state index is 0.551. The van der Waals surface area contributed by atoms with Crippen LogP contribution in [-0.4, -0.2) is 22.4 Å². The van der Waals surface area contributed by atoms with Gasteiger partial charge in [0.05, 0.1) is 11.4 Å². The van der Waals surface area contributed by atoms with Gasteiger partial charge in [0.1, 0.15) is 0 Å². The average molecular weight is 350 g/mol. The van der Waals surface area contributed by atoms with Crippen molar-refractivity contribution in [2.45, 2.75) is 46.6 Å². The highest BCUT2D eigenvalue weighted by Crippen LogP contribution is 2.24. The van der Waals surface area contributed by atoms with Crippen LogP contribution in [0.3, 0.4) is 0 Å². The van der Waals surface area contributed by atoms with E-state index in [9.17, 15) is 0 Å². The number of aromatic nitrogens is 2. The number of rotatable bonds is 6. The third-order valence-corrected chi connectivity index (χ3v) is 4.35. The Kier molecular flexibility index (Phi) is 5.59. The molecule has 0 saturated carbocycles. The van der Waals surface area contributed by atoms with Crippen molar-refractivity contribution in [3.63, 3.8) is 0 Å². The van der Waals surface area contributed by atoms with E-state index in [-0.39, 0.29) is 0 Å². The molecule has 2 rings (SSSR count). The van der Waals surface area contributed by atoms with Gasteiger partial charge in [-0.25, -0.2) is 4.68 Å². The van der Waals surface area contributed by atoms with Crippen LogP contribution in [0.1, 0.15) is 37.2 Å². The lowest BCUT2D eigenvalue weighted by atomic mass is 10.1. The molecule has 1 N–H and O–H groups in total. The number of halogens is 1. The van der Waals surface area contributed by atoms with Gasteiger partial charge in [0.15, 0.2) is 0 Å². The molecule has 0 atom stereocenters. The normalized spacial score (nSPS) is 11.3. The second-order valence-electron chi connectivity index (χ2n) is 5.72. The Morgan fingerprint density at radius 2 is 1.95 bits per heavy atom. The Balaban J connectivity index is 2.16. The Morgan fingerprint density at radius 1 is 1.24 bits per heavy atom. The van der Waals surface area contributed by atoms with Crippen LogP contribution in [0, 0.1) is 13.8 Å². The van der Waals surface area contributed by atoms with Gasteiger partial charge < -0.3 is 5.32 Å². The fraction of sp³-hybridized carbons (Fsp3) is 0.471. The Morgan fingerprint density at radius 3 is 2.62 bits per heavy atom. The van der Waals surface area contributed by atoms with E-state index < -0.39 is 0 Å². The smallest absolute Gasteiger partial charge is 0.0790 e. The highest BCUT2D eigenvalue weighted by atomic mass is 79.9. The van der Waals surface area contributed by atoms with E-state index in [0.717, 1.165) is 35.2 Å². The minimum absolute atomic E-state index is 0.551. The van der Waals surface area contributed by atoms with E-state index >= 15 is 0 Å². The summed E-state index contributed by atoms with van der Waals surface area (Å²) in [5, 5.41) is 8.19. The van der Waals surface area contributed by atoms with Crippen molar-refractivity contribution < 1.29 is 0 Å². The molecule has 0 fully saturated rings. The number of benzene rings is 1. The fourth-order valence-electron chi connectivity index (χ4n) is 2.55. The first-order valence-electron chi connectivity index (χ1n) is 7.54. The van der Waals surface area contributed by atoms with Crippen molar-refractivity contribution in [1.82, 2.24) is 15.1 Å². The highest BCUT2D eigenvalue weighted by Gasteiger charge is 2.13. The fourth-order valence-corrected chi connectivity index (χ4v) is 3.00. The maximum atomic E-state index is 4.72. The van der Waals surface area contributed by atoms with E-state index in [1.807, 2.05) is 16.8 Å². The highest BCUT2D eigenvalue weighted by molar-refractivity contribution is 9.10. The van der Waals surface area contributed by atoms with Crippen LogP contribution in [0.5, 0.6) is 0 Å². The lowest BCUT2D eigenvalue weighted by Gasteiger charge is -2.09. The molecule has 0 saturated heterocycles. The monoisotopic (exact) mass is 349 g/mol. The maximum Gasteiger partial charge on any atom is 0.0790 e. The molecule has 0 aliphatic rings. The topological polar surface area (TPSA) is 29.9 Å². The lowest BCUT2D eigenvalue weighted by Crippen LogP contribution is -2.24. The van der Waals surface area contributed by atoms with E-state index in [1.165, 1.54) is 11.3 Å². The van der Waals surface area contributed by atoms with Crippen LogP contribution in [-0.2, 0) is 6.42 Å². The van der Waals surface area contributed by atoms with E-state index in [0.29, 0.717) is 6.04 Å². The zero-order valence-electron chi connectivity index (χ0n) is 13.3. The molecular weight excluding hydrogens is 326 g/mol. The standard InChI is InChI=1S/C17H24BrN3/c1-12(2)19-11-7-8-15-13(3)20-21(14(15)4)17-10-6-5-9-16(17)18/h5-6,9-10,12,19H,7-8,11H2,1-4H3. The van der Waals surface area contributed by atoms with Gasteiger partial charge in [0.25, 0.3) is 0 Å². The molecule has 0 spiro atoms. The van der Waals surface area contributed by atoms with Gasteiger partial charge in [-0.05, 0) is 66.9 Å². The zero-order valence-corrected chi connectivity index (χ0v) is 14.9. The quantitative estimate of drug-likeness (QED) is 0.792. The van der Waals surface area contributed by atoms with Gasteiger partial charge in [0.2, 0.25) is 0 Å². The Hall–Kier alpha value is -1.13. The van der Waals surface area contributed by atoms with E-state index in [2.05, 4.69) is 61.1 Å². The third kappa shape index (κ3) is 3.95. The molecule has 0 bridgehead atoms. The minimum Gasteiger partial charge on any atom is -0.315 e. The number of hydrogen-bond donors (Lipinski definition) is 1. The number of para-hydroxylation sites is 1. The summed E-state index contributed by atoms with van der Waals surface area (Å²) in [6, 6.07) is 8.77. The predicted molar refractivity (Wildman–Crippen MR) is 92.2 cm³/mol. The van der Waals surface area contributed by atoms with Gasteiger partial charge in [-0.1, -0.05) is 26.0 Å². The molecule has 0 unspecified atom stereocenters. The summed E-state index contributed by atoms with van der Waals surface area (Å²) < 4.78 is 3.12. The molecule has 3 nitrogen and oxygen atoms in total. The number of nitrogens with one attached hydrogen (secondary N) is 1. The summed E-state index contributed by atoms with van der Waals surface area (Å²) in [6.45, 7) is 9.68. The van der Waals surface area contributed by atoms with Crippen LogP contribution in [0.2, 0.25) is 0 Å². The zero-order chi connectivity index (χ0) is 15.4. The molecule has 0 radical (unpaired) electrons. The summed E-state index contributed by atoms with van der Waals surface area (Å²) in [7, 11) is 0. The first-order valence-corrected chi connectivity index (χ1v) is 8.33. The molecule has 0 aliphatic carbocycles. The molecular formula is C17H24BrN3. The van der Waals surface area contributed by atoms with Crippen molar-refractivity contribution in [1.29, 1.82) is 0 Å². The molecule has 4 heteroatoms. The van der Waals surface area contributed by atoms with Crippen LogP contribution in [0.4, 0.5) is 0 Å². The predicted octanol–water partition coefficient (Wildman–Crippen LogP) is 4.18. The lowest BCUT2D eigenvalue weighted by molar-refractivity contribution is 0.570. The van der Waals surface area contributed by atoms with Gasteiger partial charge in [-0.3, -0.25) is 0 Å². The van der Waals surface area contributed by atoms with Crippen molar-refractivity contribution in [2.24, 2.45) is 0 Å². The van der Waals surface area contributed by atoms with Gasteiger partial charge in [-0.15, -0.1) is 0 Å². The van der Waals surface area contributed by atoms with Gasteiger partial charge in [0, 0.05) is 16.2 Å². The molecule has 2 aromatic rings. The summed E-state index contributed by atoms with van der Waals surface area (Å²) in [5.74, 6) is 0. The number of hydrogen-bond acceptors (Lipinski definition) is 2. The van der Waals surface area contributed by atoms with E-state index in [1.54, 1.807) is 0 Å². The number of nitrogens with zero attached hydrogens (tertiary/aromatic N) is 2. The molecule has 0 aliphatic heterocycles. The van der Waals surface area contributed by atoms with Gasteiger partial charge in [-0.2, -0.15) is 5.10 Å². The summed E-state index contributed by atoms with van der Waals surface area (Å²) in [6.07, 6.45) is 2.21. The van der Waals surface area contributed by atoms with E-state index in [4.69, 9.17) is 5.10 Å². The SMILES string of the molecule is Cc1nn(-c2ccccc2Br)c(C)c1CCCNC(C)C.